The van der Waals surface area contributed by atoms with Gasteiger partial charge in [-0.1, -0.05) is 44.2 Å². The summed E-state index contributed by atoms with van der Waals surface area (Å²) in [6, 6.07) is 16.1. The maximum absolute atomic E-state index is 12.9. The second-order valence-corrected chi connectivity index (χ2v) is 6.02. The van der Waals surface area contributed by atoms with Gasteiger partial charge in [0.1, 0.15) is 12.0 Å². The van der Waals surface area contributed by atoms with Crippen molar-refractivity contribution in [2.75, 3.05) is 7.11 Å². The first-order valence-electron chi connectivity index (χ1n) is 8.01. The van der Waals surface area contributed by atoms with Gasteiger partial charge in [-0.15, -0.1) is 0 Å². The third-order valence-corrected chi connectivity index (χ3v) is 3.98. The molecule has 0 saturated carbocycles. The van der Waals surface area contributed by atoms with Crippen LogP contribution in [0.3, 0.4) is 0 Å². The maximum Gasteiger partial charge on any atom is 0.254 e. The summed E-state index contributed by atoms with van der Waals surface area (Å²) in [6.07, 6.45) is 0.856. The standard InChI is InChI=1S/C20H23NO3/c1-15(2)19(14-22)21(20(23)17-7-5-4-6-8-17)13-16-9-11-18(24-3)12-10-16/h4-12,14-15,19H,13H2,1-3H3. The minimum absolute atomic E-state index is 0.0356. The molecule has 1 amide bonds. The summed E-state index contributed by atoms with van der Waals surface area (Å²) in [4.78, 5) is 26.2. The summed E-state index contributed by atoms with van der Waals surface area (Å²) in [7, 11) is 1.61. The molecule has 2 aromatic rings. The van der Waals surface area contributed by atoms with E-state index < -0.39 is 6.04 Å². The number of methoxy groups -OCH3 is 1. The van der Waals surface area contributed by atoms with Gasteiger partial charge < -0.3 is 14.4 Å². The van der Waals surface area contributed by atoms with Crippen LogP contribution in [0.25, 0.3) is 0 Å². The Labute approximate surface area is 143 Å². The van der Waals surface area contributed by atoms with Crippen molar-refractivity contribution in [3.63, 3.8) is 0 Å². The molecule has 4 heteroatoms. The Bertz CT molecular complexity index is 665. The molecule has 0 aliphatic carbocycles. The number of carbonyl (C=O) groups is 2. The van der Waals surface area contributed by atoms with Gasteiger partial charge in [0, 0.05) is 12.1 Å². The highest BCUT2D eigenvalue weighted by Crippen LogP contribution is 2.19. The second-order valence-electron chi connectivity index (χ2n) is 6.02. The molecule has 0 spiro atoms. The first-order valence-corrected chi connectivity index (χ1v) is 8.01. The molecule has 126 valence electrons. The van der Waals surface area contributed by atoms with Crippen LogP contribution in [0.15, 0.2) is 54.6 Å². The average molecular weight is 325 g/mol. The van der Waals surface area contributed by atoms with Gasteiger partial charge in [0.05, 0.1) is 13.2 Å². The first-order chi connectivity index (χ1) is 11.6. The van der Waals surface area contributed by atoms with Crippen molar-refractivity contribution in [3.05, 3.63) is 65.7 Å². The van der Waals surface area contributed by atoms with E-state index in [-0.39, 0.29) is 11.8 Å². The minimum Gasteiger partial charge on any atom is -0.497 e. The van der Waals surface area contributed by atoms with E-state index in [0.717, 1.165) is 17.6 Å². The van der Waals surface area contributed by atoms with Crippen LogP contribution >= 0.6 is 0 Å². The zero-order valence-corrected chi connectivity index (χ0v) is 14.3. The fourth-order valence-electron chi connectivity index (χ4n) is 2.58. The summed E-state index contributed by atoms with van der Waals surface area (Å²) >= 11 is 0. The SMILES string of the molecule is COc1ccc(CN(C(=O)c2ccccc2)C(C=O)C(C)C)cc1. The maximum atomic E-state index is 12.9. The predicted molar refractivity (Wildman–Crippen MR) is 94.0 cm³/mol. The average Bonchev–Trinajstić information content (AvgIpc) is 2.62. The molecular weight excluding hydrogens is 302 g/mol. The zero-order chi connectivity index (χ0) is 17.5. The van der Waals surface area contributed by atoms with Gasteiger partial charge in [-0.25, -0.2) is 0 Å². The highest BCUT2D eigenvalue weighted by molar-refractivity contribution is 5.95. The lowest BCUT2D eigenvalue weighted by atomic mass is 10.0. The summed E-state index contributed by atoms with van der Waals surface area (Å²) in [6.45, 7) is 4.26. The number of hydrogen-bond donors (Lipinski definition) is 0. The zero-order valence-electron chi connectivity index (χ0n) is 14.3. The van der Waals surface area contributed by atoms with Crippen molar-refractivity contribution >= 4 is 12.2 Å². The van der Waals surface area contributed by atoms with Crippen molar-refractivity contribution in [1.29, 1.82) is 0 Å². The van der Waals surface area contributed by atoms with Gasteiger partial charge in [-0.2, -0.15) is 0 Å². The molecular formula is C20H23NO3. The molecule has 0 radical (unpaired) electrons. The fourth-order valence-corrected chi connectivity index (χ4v) is 2.58. The quantitative estimate of drug-likeness (QED) is 0.731. The minimum atomic E-state index is -0.472. The van der Waals surface area contributed by atoms with Crippen LogP contribution in [0.1, 0.15) is 29.8 Å². The van der Waals surface area contributed by atoms with Crippen LogP contribution in [0.2, 0.25) is 0 Å². The van der Waals surface area contributed by atoms with Crippen molar-refractivity contribution in [3.8, 4) is 5.75 Å². The van der Waals surface area contributed by atoms with Crippen molar-refractivity contribution in [1.82, 2.24) is 4.90 Å². The Morgan fingerprint density at radius 3 is 2.21 bits per heavy atom. The topological polar surface area (TPSA) is 46.6 Å². The van der Waals surface area contributed by atoms with Gasteiger partial charge in [0.15, 0.2) is 0 Å². The van der Waals surface area contributed by atoms with Gasteiger partial charge in [0.25, 0.3) is 5.91 Å². The van der Waals surface area contributed by atoms with E-state index in [4.69, 9.17) is 4.74 Å². The van der Waals surface area contributed by atoms with E-state index in [1.807, 2.05) is 56.3 Å². The van der Waals surface area contributed by atoms with Crippen LogP contribution in [0.4, 0.5) is 0 Å². The molecule has 0 aliphatic rings. The number of hydrogen-bond acceptors (Lipinski definition) is 3. The number of nitrogens with zero attached hydrogens (tertiary/aromatic N) is 1. The molecule has 2 aromatic carbocycles. The van der Waals surface area contributed by atoms with Crippen LogP contribution < -0.4 is 4.74 Å². The second kappa shape index (κ2) is 8.29. The van der Waals surface area contributed by atoms with E-state index in [1.165, 1.54) is 0 Å². The lowest BCUT2D eigenvalue weighted by Crippen LogP contribution is -2.43. The van der Waals surface area contributed by atoms with E-state index in [1.54, 1.807) is 24.1 Å². The number of aldehydes is 1. The van der Waals surface area contributed by atoms with Crippen LogP contribution in [0.5, 0.6) is 5.75 Å². The fraction of sp³-hybridized carbons (Fsp3) is 0.300. The van der Waals surface area contributed by atoms with Gasteiger partial charge in [0.2, 0.25) is 0 Å². The molecule has 24 heavy (non-hydrogen) atoms. The van der Waals surface area contributed by atoms with Gasteiger partial charge in [-0.3, -0.25) is 4.79 Å². The molecule has 0 aliphatic heterocycles. The molecule has 0 heterocycles. The summed E-state index contributed by atoms with van der Waals surface area (Å²) in [5, 5.41) is 0. The molecule has 4 nitrogen and oxygen atoms in total. The molecule has 0 bridgehead atoms. The number of amides is 1. The van der Waals surface area contributed by atoms with Crippen LogP contribution in [0, 0.1) is 5.92 Å². The Balaban J connectivity index is 2.31. The van der Waals surface area contributed by atoms with Gasteiger partial charge >= 0.3 is 0 Å². The van der Waals surface area contributed by atoms with Crippen LogP contribution in [-0.2, 0) is 11.3 Å². The highest BCUT2D eigenvalue weighted by Gasteiger charge is 2.27. The van der Waals surface area contributed by atoms with Crippen LogP contribution in [-0.4, -0.2) is 30.2 Å². The molecule has 1 unspecified atom stereocenters. The molecule has 2 rings (SSSR count). The van der Waals surface area contributed by atoms with Crippen molar-refractivity contribution in [2.45, 2.75) is 26.4 Å². The van der Waals surface area contributed by atoms with E-state index in [0.29, 0.717) is 12.1 Å². The largest absolute Gasteiger partial charge is 0.497 e. The lowest BCUT2D eigenvalue weighted by Gasteiger charge is -2.31. The third-order valence-electron chi connectivity index (χ3n) is 3.98. The van der Waals surface area contributed by atoms with E-state index in [9.17, 15) is 9.59 Å². The molecule has 0 N–H and O–H groups in total. The molecule has 0 fully saturated rings. The van der Waals surface area contributed by atoms with Gasteiger partial charge in [-0.05, 0) is 35.7 Å². The Morgan fingerprint density at radius 2 is 1.71 bits per heavy atom. The molecule has 0 aromatic heterocycles. The van der Waals surface area contributed by atoms with E-state index in [2.05, 4.69) is 0 Å². The number of ether oxygens (including phenoxy) is 1. The number of benzene rings is 2. The summed E-state index contributed by atoms with van der Waals surface area (Å²) in [5.74, 6) is 0.654. The molecule has 0 saturated heterocycles. The Hall–Kier alpha value is -2.62. The Kier molecular flexibility index (Phi) is 6.13. The normalized spacial score (nSPS) is 11.8. The monoisotopic (exact) mass is 325 g/mol. The predicted octanol–water partition coefficient (Wildman–Crippen LogP) is 3.56. The first kappa shape index (κ1) is 17.7. The van der Waals surface area contributed by atoms with Crippen molar-refractivity contribution in [2.24, 2.45) is 5.92 Å². The van der Waals surface area contributed by atoms with Crippen molar-refractivity contribution < 1.29 is 14.3 Å². The summed E-state index contributed by atoms with van der Waals surface area (Å²) < 4.78 is 5.16. The summed E-state index contributed by atoms with van der Waals surface area (Å²) in [5.41, 5.74) is 1.53. The Morgan fingerprint density at radius 1 is 1.08 bits per heavy atom. The number of carbonyl (C=O) groups excluding carboxylic acids is 2. The number of rotatable bonds is 7. The third kappa shape index (κ3) is 4.22. The highest BCUT2D eigenvalue weighted by atomic mass is 16.5. The van der Waals surface area contributed by atoms with E-state index >= 15 is 0 Å². The smallest absolute Gasteiger partial charge is 0.254 e. The lowest BCUT2D eigenvalue weighted by molar-refractivity contribution is -0.113. The molecule has 1 atom stereocenters.